The lowest BCUT2D eigenvalue weighted by atomic mass is 10.1. The highest BCUT2D eigenvalue weighted by Gasteiger charge is 2.34. The molecule has 3 rings (SSSR count). The number of hydrogen-bond acceptors (Lipinski definition) is 2. The van der Waals surface area contributed by atoms with Gasteiger partial charge in [-0.3, -0.25) is 14.5 Å². The number of rotatable bonds is 4. The summed E-state index contributed by atoms with van der Waals surface area (Å²) in [6.45, 7) is 3.24. The Morgan fingerprint density at radius 2 is 1.80 bits per heavy atom. The number of benzene rings is 1. The maximum atomic E-state index is 12.2. The number of imidazole rings is 1. The van der Waals surface area contributed by atoms with Crippen LogP contribution in [0.15, 0.2) is 36.8 Å². The van der Waals surface area contributed by atoms with Crippen LogP contribution in [0.25, 0.3) is 0 Å². The number of nitrogens with one attached hydrogen (secondary N) is 1. The van der Waals surface area contributed by atoms with Crippen LogP contribution in [0.1, 0.15) is 32.8 Å². The smallest absolute Gasteiger partial charge is 0.261 e. The van der Waals surface area contributed by atoms with Crippen molar-refractivity contribution < 1.29 is 14.2 Å². The second-order valence-corrected chi connectivity index (χ2v) is 4.94. The van der Waals surface area contributed by atoms with Crippen LogP contribution in [0.4, 0.5) is 0 Å². The van der Waals surface area contributed by atoms with Gasteiger partial charge >= 0.3 is 0 Å². The van der Waals surface area contributed by atoms with Crippen LogP contribution < -0.4 is 4.57 Å². The second-order valence-electron chi connectivity index (χ2n) is 4.94. The van der Waals surface area contributed by atoms with Crippen molar-refractivity contribution in [2.75, 3.05) is 6.54 Å². The Hall–Kier alpha value is -2.43. The van der Waals surface area contributed by atoms with Gasteiger partial charge in [0.25, 0.3) is 11.8 Å². The van der Waals surface area contributed by atoms with Gasteiger partial charge in [0.05, 0.1) is 17.7 Å². The number of imide groups is 1. The molecule has 0 bridgehead atoms. The molecule has 5 heteroatoms. The van der Waals surface area contributed by atoms with Crippen molar-refractivity contribution in [3.63, 3.8) is 0 Å². The molecule has 0 fully saturated rings. The summed E-state index contributed by atoms with van der Waals surface area (Å²) in [5, 5.41) is 0. The minimum atomic E-state index is -0.179. The lowest BCUT2D eigenvalue weighted by Gasteiger charge is -2.12. The predicted octanol–water partition coefficient (Wildman–Crippen LogP) is 1.30. The molecule has 2 aromatic rings. The monoisotopic (exact) mass is 270 g/mol. The third kappa shape index (κ3) is 2.01. The third-order valence-corrected chi connectivity index (χ3v) is 3.63. The number of aromatic nitrogens is 2. The standard InChI is InChI=1S/C15H15N3O2/c1-11-9-16-10-17(11)7-4-8-18-14(19)12-5-2-3-6-13(12)15(18)20/h2-3,5-6,9-10H,4,7-8H2,1H3/p+1. The van der Waals surface area contributed by atoms with E-state index in [1.54, 1.807) is 24.3 Å². The average Bonchev–Trinajstić information content (AvgIpc) is 2.97. The minimum absolute atomic E-state index is 0.179. The fourth-order valence-electron chi connectivity index (χ4n) is 2.51. The quantitative estimate of drug-likeness (QED) is 0.672. The molecule has 1 N–H and O–H groups in total. The molecule has 2 amide bonds. The molecular weight excluding hydrogens is 254 g/mol. The molecule has 1 aromatic heterocycles. The van der Waals surface area contributed by atoms with Crippen molar-refractivity contribution in [1.29, 1.82) is 0 Å². The molecule has 0 aliphatic carbocycles. The Kier molecular flexibility index (Phi) is 3.10. The van der Waals surface area contributed by atoms with Gasteiger partial charge in [-0.05, 0) is 12.1 Å². The van der Waals surface area contributed by atoms with E-state index >= 15 is 0 Å². The van der Waals surface area contributed by atoms with Crippen LogP contribution in [-0.4, -0.2) is 28.2 Å². The Bertz CT molecular complexity index is 640. The van der Waals surface area contributed by atoms with E-state index in [4.69, 9.17) is 0 Å². The third-order valence-electron chi connectivity index (χ3n) is 3.63. The van der Waals surface area contributed by atoms with Crippen molar-refractivity contribution in [2.24, 2.45) is 0 Å². The number of H-pyrrole nitrogens is 1. The molecule has 0 atom stereocenters. The molecule has 1 aliphatic rings. The van der Waals surface area contributed by atoms with Gasteiger partial charge in [0.15, 0.2) is 0 Å². The van der Waals surface area contributed by atoms with Crippen LogP contribution in [0.3, 0.4) is 0 Å². The lowest BCUT2D eigenvalue weighted by Crippen LogP contribution is -2.38. The van der Waals surface area contributed by atoms with Crippen molar-refractivity contribution in [2.45, 2.75) is 19.9 Å². The van der Waals surface area contributed by atoms with Gasteiger partial charge in [0.2, 0.25) is 6.33 Å². The zero-order chi connectivity index (χ0) is 14.1. The zero-order valence-corrected chi connectivity index (χ0v) is 11.3. The van der Waals surface area contributed by atoms with Crippen molar-refractivity contribution >= 4 is 11.8 Å². The molecule has 0 saturated heterocycles. The first-order valence-corrected chi connectivity index (χ1v) is 6.66. The molecule has 1 aliphatic heterocycles. The number of nitrogens with zero attached hydrogens (tertiary/aromatic N) is 2. The minimum Gasteiger partial charge on any atom is -0.274 e. The molecule has 20 heavy (non-hydrogen) atoms. The number of amides is 2. The Morgan fingerprint density at radius 3 is 2.35 bits per heavy atom. The van der Waals surface area contributed by atoms with Crippen molar-refractivity contribution in [3.8, 4) is 0 Å². The number of carbonyl (C=O) groups is 2. The normalized spacial score (nSPS) is 13.9. The Balaban J connectivity index is 1.67. The molecule has 5 nitrogen and oxygen atoms in total. The van der Waals surface area contributed by atoms with E-state index in [2.05, 4.69) is 9.55 Å². The largest absolute Gasteiger partial charge is 0.274 e. The van der Waals surface area contributed by atoms with E-state index in [0.717, 1.165) is 18.7 Å². The van der Waals surface area contributed by atoms with Crippen LogP contribution in [0.2, 0.25) is 0 Å². The topological polar surface area (TPSA) is 57.0 Å². The van der Waals surface area contributed by atoms with E-state index in [1.165, 1.54) is 4.90 Å². The summed E-state index contributed by atoms with van der Waals surface area (Å²) >= 11 is 0. The van der Waals surface area contributed by atoms with Gasteiger partial charge in [-0.15, -0.1) is 0 Å². The van der Waals surface area contributed by atoms with E-state index < -0.39 is 0 Å². The number of aromatic amines is 1. The molecule has 0 spiro atoms. The van der Waals surface area contributed by atoms with E-state index in [1.807, 2.05) is 19.4 Å². The fourth-order valence-corrected chi connectivity index (χ4v) is 2.51. The molecule has 1 aromatic carbocycles. The lowest BCUT2D eigenvalue weighted by molar-refractivity contribution is -0.701. The summed E-state index contributed by atoms with van der Waals surface area (Å²) in [5.41, 5.74) is 2.17. The first-order chi connectivity index (χ1) is 9.68. The molecule has 0 radical (unpaired) electrons. The van der Waals surface area contributed by atoms with Crippen LogP contribution >= 0.6 is 0 Å². The van der Waals surface area contributed by atoms with Gasteiger partial charge < -0.3 is 0 Å². The summed E-state index contributed by atoms with van der Waals surface area (Å²) in [7, 11) is 0. The van der Waals surface area contributed by atoms with E-state index in [9.17, 15) is 9.59 Å². The SMILES string of the molecule is Cc1c[nH]c[n+]1CCCN1C(=O)c2ccccc2C1=O. The molecule has 0 saturated carbocycles. The maximum Gasteiger partial charge on any atom is 0.261 e. The van der Waals surface area contributed by atoms with Crippen LogP contribution in [0.5, 0.6) is 0 Å². The van der Waals surface area contributed by atoms with E-state index in [0.29, 0.717) is 17.7 Å². The van der Waals surface area contributed by atoms with Gasteiger partial charge in [0, 0.05) is 19.9 Å². The summed E-state index contributed by atoms with van der Waals surface area (Å²) in [6.07, 6.45) is 4.55. The van der Waals surface area contributed by atoms with Gasteiger partial charge in [0.1, 0.15) is 11.9 Å². The fraction of sp³-hybridized carbons (Fsp3) is 0.267. The predicted molar refractivity (Wildman–Crippen MR) is 72.2 cm³/mol. The highest BCUT2D eigenvalue weighted by Crippen LogP contribution is 2.22. The second kappa shape index (κ2) is 4.92. The molecule has 102 valence electrons. The van der Waals surface area contributed by atoms with E-state index in [-0.39, 0.29) is 11.8 Å². The Morgan fingerprint density at radius 1 is 1.15 bits per heavy atom. The summed E-state index contributed by atoms with van der Waals surface area (Å²) in [5.74, 6) is -0.359. The van der Waals surface area contributed by atoms with Gasteiger partial charge in [-0.25, -0.2) is 9.55 Å². The number of aryl methyl sites for hydroxylation is 2. The number of hydrogen-bond donors (Lipinski definition) is 1. The molecular formula is C15H16N3O2+. The molecule has 2 heterocycles. The maximum absolute atomic E-state index is 12.2. The Labute approximate surface area is 116 Å². The van der Waals surface area contributed by atoms with Gasteiger partial charge in [-0.1, -0.05) is 12.1 Å². The highest BCUT2D eigenvalue weighted by molar-refractivity contribution is 6.21. The average molecular weight is 270 g/mol. The number of fused-ring (bicyclic) bond motifs is 1. The summed E-state index contributed by atoms with van der Waals surface area (Å²) in [6, 6.07) is 6.99. The first kappa shape index (κ1) is 12.6. The van der Waals surface area contributed by atoms with Crippen LogP contribution in [0, 0.1) is 6.92 Å². The zero-order valence-electron chi connectivity index (χ0n) is 11.3. The number of carbonyl (C=O) groups excluding carboxylic acids is 2. The molecule has 0 unspecified atom stereocenters. The first-order valence-electron chi connectivity index (χ1n) is 6.66. The van der Waals surface area contributed by atoms with Crippen LogP contribution in [-0.2, 0) is 6.54 Å². The van der Waals surface area contributed by atoms with Crippen molar-refractivity contribution in [3.05, 3.63) is 53.6 Å². The highest BCUT2D eigenvalue weighted by atomic mass is 16.2. The summed E-state index contributed by atoms with van der Waals surface area (Å²) < 4.78 is 2.07. The van der Waals surface area contributed by atoms with Crippen molar-refractivity contribution in [1.82, 2.24) is 9.88 Å². The van der Waals surface area contributed by atoms with Gasteiger partial charge in [-0.2, -0.15) is 0 Å². The summed E-state index contributed by atoms with van der Waals surface area (Å²) in [4.78, 5) is 28.7.